The number of aryl methyl sites for hydroxylation is 1. The largest absolute Gasteiger partial charge is 0.408 e. The molecule has 3 amide bonds. The minimum Gasteiger partial charge on any atom is -0.339 e. The van der Waals surface area contributed by atoms with Crippen LogP contribution in [0.4, 0.5) is 18.9 Å². The number of aromatic amines is 1. The van der Waals surface area contributed by atoms with Crippen molar-refractivity contribution in [3.05, 3.63) is 59.3 Å². The first kappa shape index (κ1) is 25.7. The van der Waals surface area contributed by atoms with Crippen LogP contribution in [0.3, 0.4) is 0 Å². The molecule has 1 saturated heterocycles. The van der Waals surface area contributed by atoms with E-state index < -0.39 is 30.1 Å². The monoisotopic (exact) mass is 527 g/mol. The van der Waals surface area contributed by atoms with Crippen LogP contribution in [-0.2, 0) is 15.0 Å². The molecule has 8 nitrogen and oxygen atoms in total. The molecular formula is C27H28F3N5O3. The summed E-state index contributed by atoms with van der Waals surface area (Å²) in [6, 6.07) is 8.71. The lowest BCUT2D eigenvalue weighted by atomic mass is 9.72. The van der Waals surface area contributed by atoms with Gasteiger partial charge < -0.3 is 14.7 Å². The molecule has 1 atom stereocenters. The number of nitrogens with zero attached hydrogens (tertiary/aromatic N) is 4. The zero-order valence-corrected chi connectivity index (χ0v) is 21.3. The third-order valence-electron chi connectivity index (χ3n) is 8.01. The van der Waals surface area contributed by atoms with Crippen molar-refractivity contribution >= 4 is 34.3 Å². The van der Waals surface area contributed by atoms with Gasteiger partial charge in [-0.15, -0.1) is 0 Å². The molecule has 0 unspecified atom stereocenters. The summed E-state index contributed by atoms with van der Waals surface area (Å²) < 4.78 is 39.6. The summed E-state index contributed by atoms with van der Waals surface area (Å²) in [5.41, 5.74) is 2.61. The van der Waals surface area contributed by atoms with Crippen LogP contribution >= 0.6 is 0 Å². The van der Waals surface area contributed by atoms with Crippen LogP contribution in [0.5, 0.6) is 0 Å². The molecule has 1 N–H and O–H groups in total. The Hall–Kier alpha value is -3.89. The van der Waals surface area contributed by atoms with Gasteiger partial charge in [-0.3, -0.25) is 19.5 Å². The first-order valence-corrected chi connectivity index (χ1v) is 12.4. The third-order valence-corrected chi connectivity index (χ3v) is 8.01. The molecule has 38 heavy (non-hydrogen) atoms. The average Bonchev–Trinajstić information content (AvgIpc) is 3.45. The highest BCUT2D eigenvalue weighted by atomic mass is 19.4. The van der Waals surface area contributed by atoms with E-state index in [1.807, 2.05) is 13.0 Å². The van der Waals surface area contributed by atoms with Crippen LogP contribution in [0.2, 0.25) is 0 Å². The molecule has 5 rings (SSSR count). The van der Waals surface area contributed by atoms with Gasteiger partial charge in [0.1, 0.15) is 12.6 Å². The third kappa shape index (κ3) is 4.10. The number of fused-ring (bicyclic) bond motifs is 3. The highest BCUT2D eigenvalue weighted by Crippen LogP contribution is 2.49. The van der Waals surface area contributed by atoms with Crippen molar-refractivity contribution in [2.75, 3.05) is 31.6 Å². The lowest BCUT2D eigenvalue weighted by Crippen LogP contribution is -2.53. The number of carbonyl (C=O) groups excluding carboxylic acids is 3. The first-order valence-electron chi connectivity index (χ1n) is 12.4. The van der Waals surface area contributed by atoms with Gasteiger partial charge in [0.25, 0.3) is 5.91 Å². The molecule has 1 aromatic heterocycles. The summed E-state index contributed by atoms with van der Waals surface area (Å²) in [5, 5.41) is 7.67. The van der Waals surface area contributed by atoms with E-state index in [9.17, 15) is 27.6 Å². The number of hydrogen-bond donors (Lipinski definition) is 1. The fourth-order valence-corrected chi connectivity index (χ4v) is 5.63. The summed E-state index contributed by atoms with van der Waals surface area (Å²) >= 11 is 0. The minimum absolute atomic E-state index is 0.145. The molecule has 0 saturated carbocycles. The molecule has 0 radical (unpaired) electrons. The average molecular weight is 528 g/mol. The van der Waals surface area contributed by atoms with Crippen LogP contribution in [0.15, 0.2) is 42.6 Å². The number of likely N-dealkylation sites (tertiary alicyclic amines) is 1. The molecule has 2 aliphatic rings. The van der Waals surface area contributed by atoms with E-state index in [1.165, 1.54) is 4.90 Å². The van der Waals surface area contributed by atoms with Crippen LogP contribution in [0, 0.1) is 6.92 Å². The maximum Gasteiger partial charge on any atom is 0.408 e. The minimum atomic E-state index is -4.57. The Morgan fingerprint density at radius 3 is 2.58 bits per heavy atom. The van der Waals surface area contributed by atoms with E-state index >= 15 is 0 Å². The Morgan fingerprint density at radius 1 is 1.18 bits per heavy atom. The van der Waals surface area contributed by atoms with Crippen molar-refractivity contribution in [3.63, 3.8) is 0 Å². The SMILES string of the molecule is Cc1cccc2c1C1(CCN(C(=O)c3ccc4[nH]ncc4c3)CC1)C(=O)N2CC(=O)N(C)[C@H](C)C(F)(F)F. The summed E-state index contributed by atoms with van der Waals surface area (Å²) in [6.45, 7) is 2.97. The van der Waals surface area contributed by atoms with E-state index in [-0.39, 0.29) is 11.8 Å². The zero-order chi connectivity index (χ0) is 27.4. The molecule has 0 bridgehead atoms. The first-order chi connectivity index (χ1) is 17.9. The fraction of sp³-hybridized carbons (Fsp3) is 0.407. The maximum atomic E-state index is 13.9. The van der Waals surface area contributed by atoms with Crippen molar-refractivity contribution in [3.8, 4) is 0 Å². The molecule has 3 aromatic rings. The van der Waals surface area contributed by atoms with Crippen molar-refractivity contribution < 1.29 is 27.6 Å². The summed E-state index contributed by atoms with van der Waals surface area (Å²) in [6.07, 6.45) is -2.22. The Morgan fingerprint density at radius 2 is 1.89 bits per heavy atom. The lowest BCUT2D eigenvalue weighted by Gasteiger charge is -2.39. The molecule has 2 aromatic carbocycles. The fourth-order valence-electron chi connectivity index (χ4n) is 5.63. The van der Waals surface area contributed by atoms with Crippen LogP contribution in [0.25, 0.3) is 10.9 Å². The van der Waals surface area contributed by atoms with E-state index in [4.69, 9.17) is 0 Å². The number of likely N-dealkylation sites (N-methyl/N-ethyl adjacent to an activating group) is 1. The second-order valence-corrected chi connectivity index (χ2v) is 10.1. The predicted octanol–water partition coefficient (Wildman–Crippen LogP) is 3.80. The quantitative estimate of drug-likeness (QED) is 0.559. The smallest absolute Gasteiger partial charge is 0.339 e. The van der Waals surface area contributed by atoms with E-state index in [2.05, 4.69) is 10.2 Å². The van der Waals surface area contributed by atoms with Gasteiger partial charge >= 0.3 is 6.18 Å². The number of benzene rings is 2. The van der Waals surface area contributed by atoms with Crippen LogP contribution in [-0.4, -0.2) is 76.6 Å². The van der Waals surface area contributed by atoms with E-state index in [1.54, 1.807) is 41.4 Å². The van der Waals surface area contributed by atoms with Crippen LogP contribution in [0.1, 0.15) is 41.3 Å². The van der Waals surface area contributed by atoms with E-state index in [0.29, 0.717) is 42.1 Å². The second kappa shape index (κ2) is 9.14. The number of halogens is 3. The number of alkyl halides is 3. The molecule has 1 fully saturated rings. The number of H-pyrrole nitrogens is 1. The summed E-state index contributed by atoms with van der Waals surface area (Å²) in [7, 11) is 1.10. The highest BCUT2D eigenvalue weighted by Gasteiger charge is 2.54. The Kier molecular flexibility index (Phi) is 6.19. The summed E-state index contributed by atoms with van der Waals surface area (Å²) in [5.74, 6) is -1.25. The van der Waals surface area contributed by atoms with Crippen molar-refractivity contribution in [2.24, 2.45) is 0 Å². The van der Waals surface area contributed by atoms with Crippen molar-refractivity contribution in [1.82, 2.24) is 20.0 Å². The predicted molar refractivity (Wildman–Crippen MR) is 135 cm³/mol. The Bertz CT molecular complexity index is 1420. The molecule has 0 aliphatic carbocycles. The number of amides is 3. The van der Waals surface area contributed by atoms with Gasteiger partial charge in [-0.1, -0.05) is 12.1 Å². The molecule has 200 valence electrons. The van der Waals surface area contributed by atoms with Crippen LogP contribution < -0.4 is 4.90 Å². The number of aromatic nitrogens is 2. The number of nitrogens with one attached hydrogen (secondary N) is 1. The van der Waals surface area contributed by atoms with Gasteiger partial charge in [0.15, 0.2) is 0 Å². The Labute approximate surface area is 217 Å². The van der Waals surface area contributed by atoms with Gasteiger partial charge in [-0.25, -0.2) is 0 Å². The molecule has 11 heteroatoms. The lowest BCUT2D eigenvalue weighted by molar-refractivity contribution is -0.181. The highest BCUT2D eigenvalue weighted by molar-refractivity contribution is 6.11. The van der Waals surface area contributed by atoms with Crippen molar-refractivity contribution in [2.45, 2.75) is 44.3 Å². The molecule has 2 aliphatic heterocycles. The molecule has 1 spiro atoms. The number of carbonyl (C=O) groups is 3. The van der Waals surface area contributed by atoms with Gasteiger partial charge in [0.2, 0.25) is 11.8 Å². The maximum absolute atomic E-state index is 13.9. The molecule has 3 heterocycles. The molecular weight excluding hydrogens is 499 g/mol. The Balaban J connectivity index is 1.38. The van der Waals surface area contributed by atoms with Gasteiger partial charge in [0, 0.05) is 36.8 Å². The number of hydrogen-bond acceptors (Lipinski definition) is 4. The summed E-state index contributed by atoms with van der Waals surface area (Å²) in [4.78, 5) is 43.6. The topological polar surface area (TPSA) is 89.6 Å². The standard InChI is InChI=1S/C27H28F3N5O3/c1-16-5-4-6-21-23(16)26(25(38)35(21)15-22(36)33(3)17(2)27(28,29)30)9-11-34(12-10-26)24(37)18-7-8-20-19(13-18)14-31-32-20/h4-8,13-14,17H,9-12,15H2,1-3H3,(H,31,32)/t17-/m1/s1. The second-order valence-electron chi connectivity index (χ2n) is 10.1. The number of anilines is 1. The zero-order valence-electron chi connectivity index (χ0n) is 21.3. The van der Waals surface area contributed by atoms with Crippen molar-refractivity contribution in [1.29, 1.82) is 0 Å². The number of piperidine rings is 1. The number of rotatable bonds is 4. The van der Waals surface area contributed by atoms with Gasteiger partial charge in [0.05, 0.1) is 17.1 Å². The van der Waals surface area contributed by atoms with E-state index in [0.717, 1.165) is 36.0 Å². The van der Waals surface area contributed by atoms with Gasteiger partial charge in [-0.2, -0.15) is 18.3 Å². The normalized spacial score (nSPS) is 17.7. The van der Waals surface area contributed by atoms with Gasteiger partial charge in [-0.05, 0) is 62.1 Å².